The molecule has 0 fully saturated rings. The van der Waals surface area contributed by atoms with Crippen LogP contribution in [-0.2, 0) is 19.7 Å². The predicted molar refractivity (Wildman–Crippen MR) is 38.9 cm³/mol. The molecule has 98 valence electrons. The van der Waals surface area contributed by atoms with Crippen molar-refractivity contribution in [1.29, 1.82) is 0 Å². The SMILES string of the molecule is C[C-](S(=O)(=O)C(F)(F)F)S(=O)(=O)C(F)(F)F. The van der Waals surface area contributed by atoms with Crippen LogP contribution in [0, 0.1) is 4.58 Å². The summed E-state index contributed by atoms with van der Waals surface area (Å²) < 4.78 is 109. The summed E-state index contributed by atoms with van der Waals surface area (Å²) in [6.07, 6.45) is 0. The average molecular weight is 293 g/mol. The Morgan fingerprint density at radius 3 is 1.06 bits per heavy atom. The molecule has 0 aromatic heterocycles. The number of sulfone groups is 2. The Morgan fingerprint density at radius 2 is 0.938 bits per heavy atom. The molecule has 16 heavy (non-hydrogen) atoms. The van der Waals surface area contributed by atoms with Crippen LogP contribution in [0.15, 0.2) is 0 Å². The van der Waals surface area contributed by atoms with Gasteiger partial charge in [-0.15, -0.1) is 0 Å². The van der Waals surface area contributed by atoms with Gasteiger partial charge in [-0.3, -0.25) is 16.8 Å². The molecule has 0 spiro atoms. The van der Waals surface area contributed by atoms with Crippen molar-refractivity contribution >= 4 is 19.7 Å². The molecule has 0 radical (unpaired) electrons. The number of hydrogen-bond acceptors (Lipinski definition) is 4. The van der Waals surface area contributed by atoms with Crippen molar-refractivity contribution in [3.8, 4) is 0 Å². The molecule has 0 unspecified atom stereocenters. The number of alkyl halides is 6. The monoisotopic (exact) mass is 293 g/mol. The fraction of sp³-hybridized carbons (Fsp3) is 0.750. The maximum Gasteiger partial charge on any atom is 0.469 e. The van der Waals surface area contributed by atoms with Gasteiger partial charge in [-0.25, -0.2) is 0 Å². The first-order valence-corrected chi connectivity index (χ1v) is 6.08. The summed E-state index contributed by atoms with van der Waals surface area (Å²) in [5, 5.41) is 0. The minimum absolute atomic E-state index is 0.272. The number of hydrogen-bond donors (Lipinski definition) is 0. The predicted octanol–water partition coefficient (Wildman–Crippen LogP) is 1.36. The second-order valence-corrected chi connectivity index (χ2v) is 6.81. The fourth-order valence-corrected chi connectivity index (χ4v) is 2.84. The van der Waals surface area contributed by atoms with Gasteiger partial charge in [-0.1, -0.05) is 4.58 Å². The lowest BCUT2D eigenvalue weighted by Crippen LogP contribution is -2.37. The zero-order valence-electron chi connectivity index (χ0n) is 7.22. The van der Waals surface area contributed by atoms with Gasteiger partial charge in [-0.2, -0.15) is 33.3 Å². The first-order valence-electron chi connectivity index (χ1n) is 3.12. The van der Waals surface area contributed by atoms with E-state index in [1.807, 2.05) is 0 Å². The third kappa shape index (κ3) is 2.42. The summed E-state index contributed by atoms with van der Waals surface area (Å²) >= 11 is 0. The van der Waals surface area contributed by atoms with Gasteiger partial charge < -0.3 is 0 Å². The van der Waals surface area contributed by atoms with E-state index in [2.05, 4.69) is 0 Å². The first kappa shape index (κ1) is 15.5. The number of halogens is 6. The lowest BCUT2D eigenvalue weighted by molar-refractivity contribution is -0.0454. The van der Waals surface area contributed by atoms with Crippen LogP contribution in [-0.4, -0.2) is 27.9 Å². The largest absolute Gasteiger partial charge is 0.469 e. The molecule has 0 aromatic carbocycles. The topological polar surface area (TPSA) is 68.3 Å². The molecular weight excluding hydrogens is 290 g/mol. The van der Waals surface area contributed by atoms with E-state index in [0.29, 0.717) is 0 Å². The molecule has 0 atom stereocenters. The summed E-state index contributed by atoms with van der Waals surface area (Å²) in [6, 6.07) is 0. The van der Waals surface area contributed by atoms with E-state index < -0.39 is 35.3 Å². The second-order valence-electron chi connectivity index (χ2n) is 2.39. The van der Waals surface area contributed by atoms with E-state index in [0.717, 1.165) is 0 Å². The van der Waals surface area contributed by atoms with Gasteiger partial charge in [0.1, 0.15) is 19.7 Å². The molecule has 0 aliphatic carbocycles. The molecule has 12 heteroatoms. The molecule has 0 aromatic rings. The maximum absolute atomic E-state index is 11.8. The fourth-order valence-electron chi connectivity index (χ4n) is 0.470. The summed E-state index contributed by atoms with van der Waals surface area (Å²) in [6.45, 7) is -0.272. The lowest BCUT2D eigenvalue weighted by Gasteiger charge is -2.27. The zero-order chi connectivity index (χ0) is 13.6. The molecule has 0 bridgehead atoms. The highest BCUT2D eigenvalue weighted by Crippen LogP contribution is 2.39. The quantitative estimate of drug-likeness (QED) is 0.569. The molecular formula is C4H3F6O4S2-. The first-order chi connectivity index (χ1) is 6.65. The summed E-state index contributed by atoms with van der Waals surface area (Å²) in [4.78, 5) is 0. The van der Waals surface area contributed by atoms with Crippen molar-refractivity contribution in [3.63, 3.8) is 0 Å². The van der Waals surface area contributed by atoms with E-state index in [9.17, 15) is 43.2 Å². The van der Waals surface area contributed by atoms with Gasteiger partial charge in [0.2, 0.25) is 0 Å². The van der Waals surface area contributed by atoms with Crippen molar-refractivity contribution in [2.75, 3.05) is 0 Å². The smallest absolute Gasteiger partial charge is 0.252 e. The molecule has 0 aliphatic rings. The standard InChI is InChI=1S/C4H3F6O4S2/c1-2(15(11,12)3(5,6)7)16(13,14)4(8,9)10/h1H3/q-1. The van der Waals surface area contributed by atoms with Crippen molar-refractivity contribution in [3.05, 3.63) is 4.58 Å². The highest BCUT2D eigenvalue weighted by Gasteiger charge is 2.52. The third-order valence-electron chi connectivity index (χ3n) is 1.37. The molecule has 0 heterocycles. The van der Waals surface area contributed by atoms with Crippen molar-refractivity contribution in [2.24, 2.45) is 0 Å². The van der Waals surface area contributed by atoms with E-state index >= 15 is 0 Å². The van der Waals surface area contributed by atoms with Crippen molar-refractivity contribution < 1.29 is 43.2 Å². The van der Waals surface area contributed by atoms with E-state index in [1.165, 1.54) is 0 Å². The van der Waals surface area contributed by atoms with Crippen molar-refractivity contribution in [2.45, 2.75) is 17.9 Å². The van der Waals surface area contributed by atoms with Gasteiger partial charge in [0.15, 0.2) is 0 Å². The minimum atomic E-state index is -6.51. The maximum atomic E-state index is 11.8. The molecule has 0 amide bonds. The third-order valence-corrected chi connectivity index (χ3v) is 5.42. The Hall–Kier alpha value is -0.520. The van der Waals surface area contributed by atoms with Crippen LogP contribution in [0.5, 0.6) is 0 Å². The second kappa shape index (κ2) is 3.75. The van der Waals surface area contributed by atoms with Gasteiger partial charge in [0.05, 0.1) is 0 Å². The minimum Gasteiger partial charge on any atom is -0.252 e. The zero-order valence-corrected chi connectivity index (χ0v) is 8.85. The molecule has 4 nitrogen and oxygen atoms in total. The van der Waals surface area contributed by atoms with Crippen molar-refractivity contribution in [1.82, 2.24) is 0 Å². The average Bonchev–Trinajstić information content (AvgIpc) is 1.98. The van der Waals surface area contributed by atoms with Crippen LogP contribution in [0.2, 0.25) is 0 Å². The Labute approximate surface area is 86.1 Å². The Balaban J connectivity index is 5.70. The summed E-state index contributed by atoms with van der Waals surface area (Å²) in [5.41, 5.74) is -12.2. The highest BCUT2D eigenvalue weighted by atomic mass is 32.3. The van der Waals surface area contributed by atoms with Crippen LogP contribution in [0.4, 0.5) is 26.3 Å². The van der Waals surface area contributed by atoms with Crippen LogP contribution < -0.4 is 0 Å². The van der Waals surface area contributed by atoms with E-state index in [1.54, 1.807) is 0 Å². The number of rotatable bonds is 2. The summed E-state index contributed by atoms with van der Waals surface area (Å²) in [5.74, 6) is 0. The molecule has 0 N–H and O–H groups in total. The van der Waals surface area contributed by atoms with Crippen LogP contribution >= 0.6 is 0 Å². The molecule has 0 rings (SSSR count). The Morgan fingerprint density at radius 1 is 0.750 bits per heavy atom. The summed E-state index contributed by atoms with van der Waals surface area (Å²) in [7, 11) is -13.0. The van der Waals surface area contributed by atoms with Gasteiger partial charge in [0.25, 0.3) is 0 Å². The van der Waals surface area contributed by atoms with Gasteiger partial charge >= 0.3 is 11.0 Å². The Kier molecular flexibility index (Phi) is 3.63. The normalized spacial score (nSPS) is 15.5. The molecule has 0 aliphatic heterocycles. The van der Waals surface area contributed by atoms with Gasteiger partial charge in [-0.05, 0) is 0 Å². The molecule has 0 saturated carbocycles. The van der Waals surface area contributed by atoms with Crippen LogP contribution in [0.1, 0.15) is 6.92 Å². The molecule has 0 saturated heterocycles. The van der Waals surface area contributed by atoms with Crippen LogP contribution in [0.3, 0.4) is 0 Å². The Bertz CT molecular complexity index is 410. The lowest BCUT2D eigenvalue weighted by atomic mass is 11.0. The highest BCUT2D eigenvalue weighted by molar-refractivity contribution is 8.13. The van der Waals surface area contributed by atoms with E-state index in [4.69, 9.17) is 0 Å². The van der Waals surface area contributed by atoms with E-state index in [-0.39, 0.29) is 6.92 Å². The van der Waals surface area contributed by atoms with Gasteiger partial charge in [0, 0.05) is 0 Å². The van der Waals surface area contributed by atoms with Crippen LogP contribution in [0.25, 0.3) is 0 Å².